The molecule has 0 aliphatic carbocycles. The quantitative estimate of drug-likeness (QED) is 0.420. The third-order valence-corrected chi connectivity index (χ3v) is 5.37. The van der Waals surface area contributed by atoms with Gasteiger partial charge in [-0.15, -0.1) is 0 Å². The van der Waals surface area contributed by atoms with Gasteiger partial charge in [-0.05, 0) is 18.6 Å². The molecule has 21 heavy (non-hydrogen) atoms. The van der Waals surface area contributed by atoms with Crippen molar-refractivity contribution in [2.45, 2.75) is 76.0 Å². The fourth-order valence-electron chi connectivity index (χ4n) is 2.52. The maximum atomic E-state index is 12.1. The molecule has 0 saturated heterocycles. The van der Waals surface area contributed by atoms with Crippen molar-refractivity contribution in [2.24, 2.45) is 0 Å². The van der Waals surface area contributed by atoms with E-state index in [0.29, 0.717) is 5.69 Å². The van der Waals surface area contributed by atoms with Crippen molar-refractivity contribution in [1.29, 1.82) is 0 Å². The smallest absolute Gasteiger partial charge is 0.0617 e. The van der Waals surface area contributed by atoms with Gasteiger partial charge in [0.25, 0.3) is 0 Å². The number of para-hydroxylation sites is 1. The molecular weight excluding hydrogens is 278 g/mol. The van der Waals surface area contributed by atoms with Crippen LogP contribution in [0.1, 0.15) is 71.1 Å². The van der Waals surface area contributed by atoms with Gasteiger partial charge in [-0.3, -0.25) is 4.21 Å². The van der Waals surface area contributed by atoms with Crippen LogP contribution in [0.3, 0.4) is 0 Å². The van der Waals surface area contributed by atoms with Gasteiger partial charge in [-0.1, -0.05) is 76.8 Å². The Morgan fingerprint density at radius 2 is 1.38 bits per heavy atom. The first-order valence-electron chi connectivity index (χ1n) is 8.48. The minimum atomic E-state index is -0.933. The monoisotopic (exact) mass is 309 g/mol. The van der Waals surface area contributed by atoms with Gasteiger partial charge in [0.1, 0.15) is 0 Å². The molecule has 1 rings (SSSR count). The summed E-state index contributed by atoms with van der Waals surface area (Å²) in [5, 5.41) is 0. The second-order valence-electron chi connectivity index (χ2n) is 5.77. The molecule has 0 aromatic heterocycles. The molecule has 0 fully saturated rings. The maximum absolute atomic E-state index is 12.1. The van der Waals surface area contributed by atoms with E-state index in [0.717, 1.165) is 17.1 Å². The largest absolute Gasteiger partial charge is 0.398 e. The van der Waals surface area contributed by atoms with Crippen LogP contribution in [-0.4, -0.2) is 9.96 Å². The summed E-state index contributed by atoms with van der Waals surface area (Å²) < 4.78 is 12.1. The lowest BCUT2D eigenvalue weighted by Crippen LogP contribution is -2.02. The predicted octanol–water partition coefficient (Wildman–Crippen LogP) is 5.30. The van der Waals surface area contributed by atoms with Crippen molar-refractivity contribution >= 4 is 16.5 Å². The summed E-state index contributed by atoms with van der Waals surface area (Å²) in [5.74, 6) is 0.741. The average Bonchev–Trinajstić information content (AvgIpc) is 2.49. The topological polar surface area (TPSA) is 43.1 Å². The van der Waals surface area contributed by atoms with Crippen molar-refractivity contribution < 1.29 is 4.21 Å². The van der Waals surface area contributed by atoms with E-state index in [-0.39, 0.29) is 0 Å². The Balaban J connectivity index is 1.99. The normalized spacial score (nSPS) is 12.4. The van der Waals surface area contributed by atoms with E-state index in [1.807, 2.05) is 24.3 Å². The fourth-order valence-corrected chi connectivity index (χ4v) is 3.77. The Hall–Kier alpha value is -0.830. The fraction of sp³-hybridized carbons (Fsp3) is 0.667. The molecule has 0 amide bonds. The second-order valence-corrected chi connectivity index (χ2v) is 7.31. The van der Waals surface area contributed by atoms with E-state index in [1.165, 1.54) is 57.8 Å². The molecule has 1 aromatic carbocycles. The molecule has 0 aliphatic heterocycles. The zero-order valence-corrected chi connectivity index (χ0v) is 14.3. The summed E-state index contributed by atoms with van der Waals surface area (Å²) in [7, 11) is -0.933. The standard InChI is InChI=1S/C18H31NOS/c1-2-3-4-5-6-7-8-9-10-13-16-21(20)18-15-12-11-14-17(18)19/h11-12,14-15H,2-10,13,16,19H2,1H3. The first kappa shape index (κ1) is 18.2. The number of hydrogen-bond acceptors (Lipinski definition) is 2. The van der Waals surface area contributed by atoms with Gasteiger partial charge in [-0.25, -0.2) is 0 Å². The summed E-state index contributed by atoms with van der Waals surface area (Å²) in [6.07, 6.45) is 13.1. The lowest BCUT2D eigenvalue weighted by atomic mass is 10.1. The summed E-state index contributed by atoms with van der Waals surface area (Å²) in [4.78, 5) is 0.799. The van der Waals surface area contributed by atoms with Gasteiger partial charge in [0.15, 0.2) is 0 Å². The Labute approximate surface area is 133 Å². The number of benzene rings is 1. The van der Waals surface area contributed by atoms with E-state index in [9.17, 15) is 4.21 Å². The second kappa shape index (κ2) is 11.8. The maximum Gasteiger partial charge on any atom is 0.0617 e. The Morgan fingerprint density at radius 1 is 0.857 bits per heavy atom. The van der Waals surface area contributed by atoms with E-state index in [1.54, 1.807) is 0 Å². The lowest BCUT2D eigenvalue weighted by molar-refractivity contribution is 0.562. The summed E-state index contributed by atoms with van der Waals surface area (Å²) in [5.41, 5.74) is 6.50. The molecule has 1 unspecified atom stereocenters. The Morgan fingerprint density at radius 3 is 1.95 bits per heavy atom. The van der Waals surface area contributed by atoms with Crippen LogP contribution in [0.15, 0.2) is 29.2 Å². The summed E-state index contributed by atoms with van der Waals surface area (Å²) in [6.45, 7) is 2.26. The lowest BCUT2D eigenvalue weighted by Gasteiger charge is -2.05. The molecule has 0 aliphatic rings. The number of nitrogen functional groups attached to an aromatic ring is 1. The van der Waals surface area contributed by atoms with Gasteiger partial charge >= 0.3 is 0 Å². The Bertz CT molecular complexity index is 406. The minimum Gasteiger partial charge on any atom is -0.398 e. The number of hydrogen-bond donors (Lipinski definition) is 1. The first-order chi connectivity index (χ1) is 10.3. The van der Waals surface area contributed by atoms with E-state index >= 15 is 0 Å². The number of nitrogens with two attached hydrogens (primary N) is 1. The van der Waals surface area contributed by atoms with Crippen LogP contribution in [0.2, 0.25) is 0 Å². The SMILES string of the molecule is CCCCCCCCCCCCS(=O)c1ccccc1N. The molecule has 1 aromatic rings. The molecule has 1 atom stereocenters. The van der Waals surface area contributed by atoms with Crippen LogP contribution in [0.25, 0.3) is 0 Å². The third-order valence-electron chi connectivity index (χ3n) is 3.85. The minimum absolute atomic E-state index is 0.655. The molecule has 120 valence electrons. The molecule has 0 radical (unpaired) electrons. The highest BCUT2D eigenvalue weighted by Crippen LogP contribution is 2.17. The first-order valence-corrected chi connectivity index (χ1v) is 9.80. The predicted molar refractivity (Wildman–Crippen MR) is 94.0 cm³/mol. The molecule has 0 heterocycles. The molecule has 0 saturated carbocycles. The molecule has 2 nitrogen and oxygen atoms in total. The highest BCUT2D eigenvalue weighted by molar-refractivity contribution is 7.85. The highest BCUT2D eigenvalue weighted by atomic mass is 32.2. The molecule has 0 spiro atoms. The average molecular weight is 310 g/mol. The van der Waals surface area contributed by atoms with Gasteiger partial charge in [0.2, 0.25) is 0 Å². The van der Waals surface area contributed by atoms with Crippen LogP contribution >= 0.6 is 0 Å². The van der Waals surface area contributed by atoms with Crippen molar-refractivity contribution in [3.8, 4) is 0 Å². The van der Waals surface area contributed by atoms with Crippen LogP contribution in [0, 0.1) is 0 Å². The van der Waals surface area contributed by atoms with Crippen molar-refractivity contribution in [2.75, 3.05) is 11.5 Å². The van der Waals surface area contributed by atoms with Crippen LogP contribution in [0.4, 0.5) is 5.69 Å². The van der Waals surface area contributed by atoms with Crippen LogP contribution < -0.4 is 5.73 Å². The van der Waals surface area contributed by atoms with Crippen LogP contribution in [0.5, 0.6) is 0 Å². The van der Waals surface area contributed by atoms with E-state index < -0.39 is 10.8 Å². The molecular formula is C18H31NOS. The number of rotatable bonds is 12. The zero-order valence-electron chi connectivity index (χ0n) is 13.5. The van der Waals surface area contributed by atoms with Crippen molar-refractivity contribution in [3.63, 3.8) is 0 Å². The van der Waals surface area contributed by atoms with E-state index in [2.05, 4.69) is 6.92 Å². The highest BCUT2D eigenvalue weighted by Gasteiger charge is 2.06. The Kier molecular flexibility index (Phi) is 10.2. The van der Waals surface area contributed by atoms with Crippen molar-refractivity contribution in [1.82, 2.24) is 0 Å². The van der Waals surface area contributed by atoms with Gasteiger partial charge in [0, 0.05) is 11.4 Å². The zero-order chi connectivity index (χ0) is 15.3. The number of unbranched alkanes of at least 4 members (excludes halogenated alkanes) is 9. The molecule has 3 heteroatoms. The molecule has 2 N–H and O–H groups in total. The van der Waals surface area contributed by atoms with Gasteiger partial charge in [-0.2, -0.15) is 0 Å². The van der Waals surface area contributed by atoms with E-state index in [4.69, 9.17) is 5.73 Å². The summed E-state index contributed by atoms with van der Waals surface area (Å²) >= 11 is 0. The van der Waals surface area contributed by atoms with Crippen LogP contribution in [-0.2, 0) is 10.8 Å². The number of anilines is 1. The molecule has 0 bridgehead atoms. The van der Waals surface area contributed by atoms with Crippen molar-refractivity contribution in [3.05, 3.63) is 24.3 Å². The van der Waals surface area contributed by atoms with Gasteiger partial charge in [0.05, 0.1) is 15.7 Å². The van der Waals surface area contributed by atoms with Gasteiger partial charge < -0.3 is 5.73 Å². The third kappa shape index (κ3) is 8.25. The summed E-state index contributed by atoms with van der Waals surface area (Å²) in [6, 6.07) is 7.49.